The van der Waals surface area contributed by atoms with E-state index < -0.39 is 0 Å². The highest BCUT2D eigenvalue weighted by atomic mass is 16.7. The summed E-state index contributed by atoms with van der Waals surface area (Å²) in [7, 11) is 0. The molecule has 2 aromatic rings. The number of rotatable bonds is 4. The number of carbonyl (C=O) groups excluding carboxylic acids is 2. The lowest BCUT2D eigenvalue weighted by Crippen LogP contribution is -2.15. The van der Waals surface area contributed by atoms with Crippen LogP contribution in [0.5, 0.6) is 11.5 Å². The molecule has 1 N–H and O–H groups in total. The minimum absolute atomic E-state index is 0.0393. The molecule has 1 aliphatic rings. The lowest BCUT2D eigenvalue weighted by Gasteiger charge is -2.08. The number of para-hydroxylation sites is 1. The van der Waals surface area contributed by atoms with Crippen LogP contribution in [0.25, 0.3) is 0 Å². The van der Waals surface area contributed by atoms with Crippen molar-refractivity contribution in [3.63, 3.8) is 0 Å². The van der Waals surface area contributed by atoms with Crippen LogP contribution in [0.3, 0.4) is 0 Å². The van der Waals surface area contributed by atoms with Gasteiger partial charge in [-0.1, -0.05) is 24.3 Å². The summed E-state index contributed by atoms with van der Waals surface area (Å²) < 4.78 is 10.7. The van der Waals surface area contributed by atoms with Crippen LogP contribution in [0.4, 0.5) is 5.69 Å². The fourth-order valence-corrected chi connectivity index (χ4v) is 2.32. The van der Waals surface area contributed by atoms with E-state index in [1.807, 2.05) is 12.1 Å². The standard InChI is InChI=1S/C17H15NO4/c1-11(19)12-4-2-6-14(8-12)18-16(20)9-13-5-3-7-15-17(13)22-10-21-15/h2-8H,9-10H2,1H3,(H,18,20). The van der Waals surface area contributed by atoms with Gasteiger partial charge in [-0.15, -0.1) is 0 Å². The SMILES string of the molecule is CC(=O)c1cccc(NC(=O)Cc2cccc3c2OCO3)c1. The van der Waals surface area contributed by atoms with Crippen molar-refractivity contribution in [1.82, 2.24) is 0 Å². The number of fused-ring (bicyclic) bond motifs is 1. The second-order valence-electron chi connectivity index (χ2n) is 5.01. The van der Waals surface area contributed by atoms with Gasteiger partial charge in [0, 0.05) is 16.8 Å². The smallest absolute Gasteiger partial charge is 0.231 e. The molecular formula is C17H15NO4. The van der Waals surface area contributed by atoms with Crippen LogP contribution in [0.15, 0.2) is 42.5 Å². The van der Waals surface area contributed by atoms with Crippen LogP contribution in [0.2, 0.25) is 0 Å². The number of anilines is 1. The van der Waals surface area contributed by atoms with E-state index in [0.717, 1.165) is 5.56 Å². The molecule has 0 saturated heterocycles. The minimum Gasteiger partial charge on any atom is -0.454 e. The van der Waals surface area contributed by atoms with Gasteiger partial charge in [0.15, 0.2) is 17.3 Å². The van der Waals surface area contributed by atoms with Gasteiger partial charge in [0.05, 0.1) is 6.42 Å². The Balaban J connectivity index is 1.72. The predicted molar refractivity (Wildman–Crippen MR) is 81.3 cm³/mol. The number of Topliss-reactive ketones (excluding diaryl/α,β-unsaturated/α-hetero) is 1. The molecular weight excluding hydrogens is 282 g/mol. The molecule has 0 atom stereocenters. The van der Waals surface area contributed by atoms with Gasteiger partial charge in [0.25, 0.3) is 0 Å². The third-order valence-corrected chi connectivity index (χ3v) is 3.38. The normalized spacial score (nSPS) is 12.0. The summed E-state index contributed by atoms with van der Waals surface area (Å²) in [6.07, 6.45) is 0.177. The summed E-state index contributed by atoms with van der Waals surface area (Å²) in [5.74, 6) is 1.06. The summed E-state index contributed by atoms with van der Waals surface area (Å²) in [6, 6.07) is 12.3. The maximum absolute atomic E-state index is 12.2. The maximum atomic E-state index is 12.2. The molecule has 0 spiro atoms. The predicted octanol–water partition coefficient (Wildman–Crippen LogP) is 2.80. The van der Waals surface area contributed by atoms with Crippen molar-refractivity contribution in [3.05, 3.63) is 53.6 Å². The van der Waals surface area contributed by atoms with Crippen molar-refractivity contribution in [2.75, 3.05) is 12.1 Å². The minimum atomic E-state index is -0.176. The molecule has 0 radical (unpaired) electrons. The van der Waals surface area contributed by atoms with Crippen LogP contribution >= 0.6 is 0 Å². The van der Waals surface area contributed by atoms with Gasteiger partial charge in [-0.2, -0.15) is 0 Å². The van der Waals surface area contributed by atoms with E-state index in [4.69, 9.17) is 9.47 Å². The van der Waals surface area contributed by atoms with Crippen LogP contribution in [-0.4, -0.2) is 18.5 Å². The molecule has 3 rings (SSSR count). The monoisotopic (exact) mass is 297 g/mol. The average Bonchev–Trinajstić information content (AvgIpc) is 2.97. The van der Waals surface area contributed by atoms with E-state index in [1.165, 1.54) is 6.92 Å². The Morgan fingerprint density at radius 3 is 2.77 bits per heavy atom. The highest BCUT2D eigenvalue weighted by molar-refractivity contribution is 5.97. The first-order valence-corrected chi connectivity index (χ1v) is 6.92. The van der Waals surface area contributed by atoms with Gasteiger partial charge < -0.3 is 14.8 Å². The lowest BCUT2D eigenvalue weighted by atomic mass is 10.1. The van der Waals surface area contributed by atoms with Crippen molar-refractivity contribution >= 4 is 17.4 Å². The third kappa shape index (κ3) is 2.93. The Hall–Kier alpha value is -2.82. The molecule has 0 unspecified atom stereocenters. The van der Waals surface area contributed by atoms with Crippen LogP contribution < -0.4 is 14.8 Å². The lowest BCUT2D eigenvalue weighted by molar-refractivity contribution is -0.115. The zero-order chi connectivity index (χ0) is 15.5. The highest BCUT2D eigenvalue weighted by Gasteiger charge is 2.19. The molecule has 0 saturated carbocycles. The third-order valence-electron chi connectivity index (χ3n) is 3.38. The zero-order valence-corrected chi connectivity index (χ0v) is 12.1. The summed E-state index contributed by atoms with van der Waals surface area (Å²) in [6.45, 7) is 1.67. The van der Waals surface area contributed by atoms with Gasteiger partial charge in [-0.25, -0.2) is 0 Å². The quantitative estimate of drug-likeness (QED) is 0.881. The summed E-state index contributed by atoms with van der Waals surface area (Å²) >= 11 is 0. The second-order valence-corrected chi connectivity index (χ2v) is 5.01. The fraction of sp³-hybridized carbons (Fsp3) is 0.176. The molecule has 112 valence electrons. The molecule has 0 aliphatic carbocycles. The maximum Gasteiger partial charge on any atom is 0.231 e. The van der Waals surface area contributed by atoms with Crippen molar-refractivity contribution in [2.24, 2.45) is 0 Å². The van der Waals surface area contributed by atoms with Crippen LogP contribution in [-0.2, 0) is 11.2 Å². The first kappa shape index (κ1) is 14.1. The second kappa shape index (κ2) is 5.89. The molecule has 1 amide bonds. The molecule has 0 aromatic heterocycles. The Morgan fingerprint density at radius 1 is 1.14 bits per heavy atom. The van der Waals surface area contributed by atoms with E-state index in [0.29, 0.717) is 22.7 Å². The Morgan fingerprint density at radius 2 is 1.95 bits per heavy atom. The zero-order valence-electron chi connectivity index (χ0n) is 12.1. The molecule has 5 nitrogen and oxygen atoms in total. The summed E-state index contributed by atoms with van der Waals surface area (Å²) in [5.41, 5.74) is 1.94. The van der Waals surface area contributed by atoms with Gasteiger partial charge in [-0.05, 0) is 25.1 Å². The number of ketones is 1. The molecule has 22 heavy (non-hydrogen) atoms. The number of nitrogens with one attached hydrogen (secondary N) is 1. The van der Waals surface area contributed by atoms with Gasteiger partial charge in [0.2, 0.25) is 12.7 Å². The number of amides is 1. The number of hydrogen-bond donors (Lipinski definition) is 1. The summed E-state index contributed by atoms with van der Waals surface area (Å²) in [4.78, 5) is 23.5. The topological polar surface area (TPSA) is 64.6 Å². The van der Waals surface area contributed by atoms with E-state index in [9.17, 15) is 9.59 Å². The van der Waals surface area contributed by atoms with E-state index in [-0.39, 0.29) is 24.9 Å². The average molecular weight is 297 g/mol. The van der Waals surface area contributed by atoms with Gasteiger partial charge >= 0.3 is 0 Å². The molecule has 1 aliphatic heterocycles. The highest BCUT2D eigenvalue weighted by Crippen LogP contribution is 2.35. The van der Waals surface area contributed by atoms with Crippen molar-refractivity contribution in [1.29, 1.82) is 0 Å². The number of benzene rings is 2. The first-order valence-electron chi connectivity index (χ1n) is 6.92. The van der Waals surface area contributed by atoms with E-state index >= 15 is 0 Å². The number of hydrogen-bond acceptors (Lipinski definition) is 4. The Kier molecular flexibility index (Phi) is 3.78. The Bertz CT molecular complexity index is 739. The number of carbonyl (C=O) groups is 2. The van der Waals surface area contributed by atoms with Crippen molar-refractivity contribution in [2.45, 2.75) is 13.3 Å². The summed E-state index contributed by atoms with van der Waals surface area (Å²) in [5, 5.41) is 2.79. The van der Waals surface area contributed by atoms with E-state index in [1.54, 1.807) is 30.3 Å². The molecule has 0 bridgehead atoms. The van der Waals surface area contributed by atoms with Crippen molar-refractivity contribution in [3.8, 4) is 11.5 Å². The molecule has 1 heterocycles. The molecule has 5 heteroatoms. The molecule has 0 fully saturated rings. The largest absolute Gasteiger partial charge is 0.454 e. The van der Waals surface area contributed by atoms with Gasteiger partial charge in [-0.3, -0.25) is 9.59 Å². The van der Waals surface area contributed by atoms with Crippen molar-refractivity contribution < 1.29 is 19.1 Å². The van der Waals surface area contributed by atoms with E-state index in [2.05, 4.69) is 5.32 Å². The van der Waals surface area contributed by atoms with Crippen LogP contribution in [0, 0.1) is 0 Å². The first-order chi connectivity index (χ1) is 10.6. The Labute approximate surface area is 127 Å². The fourth-order valence-electron chi connectivity index (χ4n) is 2.32. The number of ether oxygens (including phenoxy) is 2. The van der Waals surface area contributed by atoms with Gasteiger partial charge in [0.1, 0.15) is 0 Å². The van der Waals surface area contributed by atoms with Crippen LogP contribution in [0.1, 0.15) is 22.8 Å². The molecule has 2 aromatic carbocycles.